The molecule has 6 heteroatoms. The van der Waals surface area contributed by atoms with Crippen LogP contribution in [-0.2, 0) is 4.74 Å². The van der Waals surface area contributed by atoms with Crippen LogP contribution in [0.1, 0.15) is 45.6 Å². The quantitative estimate of drug-likeness (QED) is 0.818. The minimum Gasteiger partial charge on any atom is -0.444 e. The SMILES string of the molecule is CC(C)(C)OC(=O)NCCC1CCCN(c2cc(C#N)ccc2N)C1. The topological polar surface area (TPSA) is 91.4 Å². The summed E-state index contributed by atoms with van der Waals surface area (Å²) < 4.78 is 5.25. The summed E-state index contributed by atoms with van der Waals surface area (Å²) in [6, 6.07) is 7.56. The number of alkyl carbamates (subject to hydrolysis) is 1. The number of nitrogens with zero attached hydrogens (tertiary/aromatic N) is 2. The Bertz CT molecular complexity index is 646. The van der Waals surface area contributed by atoms with Crippen molar-refractivity contribution >= 4 is 17.5 Å². The summed E-state index contributed by atoms with van der Waals surface area (Å²) in [6.45, 7) is 7.98. The molecule has 1 aliphatic rings. The zero-order valence-corrected chi connectivity index (χ0v) is 15.3. The number of nitrogen functional groups attached to an aromatic ring is 1. The number of carbonyl (C=O) groups excluding carboxylic acids is 1. The van der Waals surface area contributed by atoms with E-state index < -0.39 is 5.60 Å². The molecule has 3 N–H and O–H groups in total. The lowest BCUT2D eigenvalue weighted by Crippen LogP contribution is -2.38. The molecule has 0 spiro atoms. The molecule has 0 aromatic heterocycles. The maximum Gasteiger partial charge on any atom is 0.407 e. The number of hydrogen-bond donors (Lipinski definition) is 2. The molecule has 25 heavy (non-hydrogen) atoms. The molecule has 0 saturated carbocycles. The number of amides is 1. The smallest absolute Gasteiger partial charge is 0.407 e. The van der Waals surface area contributed by atoms with Crippen molar-refractivity contribution in [2.75, 3.05) is 30.3 Å². The summed E-state index contributed by atoms with van der Waals surface area (Å²) in [5.74, 6) is 0.480. The van der Waals surface area contributed by atoms with E-state index in [4.69, 9.17) is 15.7 Å². The maximum atomic E-state index is 11.7. The van der Waals surface area contributed by atoms with Crippen LogP contribution in [0.4, 0.5) is 16.2 Å². The van der Waals surface area contributed by atoms with Gasteiger partial charge in [0.1, 0.15) is 5.60 Å². The Hall–Kier alpha value is -2.42. The average Bonchev–Trinajstić information content (AvgIpc) is 2.54. The molecule has 1 amide bonds. The third-order valence-electron chi connectivity index (χ3n) is 4.24. The number of nitriles is 1. The molecule has 1 saturated heterocycles. The second-order valence-electron chi connectivity index (χ2n) is 7.56. The number of benzene rings is 1. The summed E-state index contributed by atoms with van der Waals surface area (Å²) >= 11 is 0. The fourth-order valence-corrected chi connectivity index (χ4v) is 3.10. The second kappa shape index (κ2) is 8.11. The van der Waals surface area contributed by atoms with E-state index in [9.17, 15) is 4.79 Å². The Balaban J connectivity index is 1.87. The number of ether oxygens (including phenoxy) is 1. The number of carbonyl (C=O) groups is 1. The fraction of sp³-hybridized carbons (Fsp3) is 0.579. The van der Waals surface area contributed by atoms with E-state index in [2.05, 4.69) is 16.3 Å². The van der Waals surface area contributed by atoms with Gasteiger partial charge in [0.05, 0.1) is 23.0 Å². The van der Waals surface area contributed by atoms with Crippen molar-refractivity contribution in [3.8, 4) is 6.07 Å². The lowest BCUT2D eigenvalue weighted by molar-refractivity contribution is 0.0524. The molecule has 1 fully saturated rings. The van der Waals surface area contributed by atoms with Gasteiger partial charge in [-0.15, -0.1) is 0 Å². The van der Waals surface area contributed by atoms with Gasteiger partial charge in [0.2, 0.25) is 0 Å². The Labute approximate surface area is 149 Å². The third kappa shape index (κ3) is 5.86. The van der Waals surface area contributed by atoms with Gasteiger partial charge in [0, 0.05) is 19.6 Å². The largest absolute Gasteiger partial charge is 0.444 e. The van der Waals surface area contributed by atoms with Crippen LogP contribution in [0.3, 0.4) is 0 Å². The Morgan fingerprint density at radius 3 is 2.92 bits per heavy atom. The molecule has 0 radical (unpaired) electrons. The highest BCUT2D eigenvalue weighted by atomic mass is 16.6. The minimum atomic E-state index is -0.477. The molecule has 1 heterocycles. The highest BCUT2D eigenvalue weighted by Crippen LogP contribution is 2.30. The Morgan fingerprint density at radius 2 is 2.24 bits per heavy atom. The van der Waals surface area contributed by atoms with Gasteiger partial charge in [0.15, 0.2) is 0 Å². The predicted molar refractivity (Wildman–Crippen MR) is 99.4 cm³/mol. The van der Waals surface area contributed by atoms with Crippen LogP contribution in [0.15, 0.2) is 18.2 Å². The van der Waals surface area contributed by atoms with E-state index in [-0.39, 0.29) is 6.09 Å². The first-order valence-corrected chi connectivity index (χ1v) is 8.80. The monoisotopic (exact) mass is 344 g/mol. The van der Waals surface area contributed by atoms with Crippen LogP contribution in [0.2, 0.25) is 0 Å². The summed E-state index contributed by atoms with van der Waals surface area (Å²) in [5, 5.41) is 11.9. The normalized spacial score (nSPS) is 17.7. The van der Waals surface area contributed by atoms with Crippen molar-refractivity contribution in [2.45, 2.75) is 45.6 Å². The molecule has 1 aromatic rings. The van der Waals surface area contributed by atoms with E-state index in [0.29, 0.717) is 23.7 Å². The van der Waals surface area contributed by atoms with Crippen LogP contribution < -0.4 is 16.0 Å². The zero-order chi connectivity index (χ0) is 18.4. The molecule has 1 unspecified atom stereocenters. The summed E-state index contributed by atoms with van der Waals surface area (Å²) in [5.41, 5.74) is 7.87. The molecule has 0 bridgehead atoms. The Morgan fingerprint density at radius 1 is 1.48 bits per heavy atom. The van der Waals surface area contributed by atoms with Crippen LogP contribution in [0, 0.1) is 17.2 Å². The summed E-state index contributed by atoms with van der Waals surface area (Å²) in [7, 11) is 0. The number of piperidine rings is 1. The molecular formula is C19H28N4O2. The van der Waals surface area contributed by atoms with Crippen molar-refractivity contribution in [1.82, 2.24) is 5.32 Å². The van der Waals surface area contributed by atoms with Gasteiger partial charge in [-0.3, -0.25) is 0 Å². The van der Waals surface area contributed by atoms with Gasteiger partial charge in [-0.05, 0) is 64.2 Å². The van der Waals surface area contributed by atoms with Crippen LogP contribution >= 0.6 is 0 Å². The summed E-state index contributed by atoms with van der Waals surface area (Å²) in [4.78, 5) is 14.0. The minimum absolute atomic E-state index is 0.369. The molecule has 2 rings (SSSR count). The maximum absolute atomic E-state index is 11.7. The molecule has 1 aromatic carbocycles. The van der Waals surface area contributed by atoms with Crippen LogP contribution in [0.25, 0.3) is 0 Å². The van der Waals surface area contributed by atoms with E-state index in [0.717, 1.165) is 38.0 Å². The van der Waals surface area contributed by atoms with Gasteiger partial charge >= 0.3 is 6.09 Å². The van der Waals surface area contributed by atoms with Crippen molar-refractivity contribution in [3.63, 3.8) is 0 Å². The first-order chi connectivity index (χ1) is 11.8. The van der Waals surface area contributed by atoms with Crippen molar-refractivity contribution in [2.24, 2.45) is 5.92 Å². The average molecular weight is 344 g/mol. The molecule has 6 nitrogen and oxygen atoms in total. The van der Waals surface area contributed by atoms with Crippen molar-refractivity contribution in [1.29, 1.82) is 5.26 Å². The highest BCUT2D eigenvalue weighted by molar-refractivity contribution is 5.70. The van der Waals surface area contributed by atoms with E-state index in [1.807, 2.05) is 26.8 Å². The molecule has 0 aliphatic carbocycles. The molecular weight excluding hydrogens is 316 g/mol. The number of hydrogen-bond acceptors (Lipinski definition) is 5. The molecule has 1 aliphatic heterocycles. The highest BCUT2D eigenvalue weighted by Gasteiger charge is 2.22. The van der Waals surface area contributed by atoms with Gasteiger partial charge in [-0.2, -0.15) is 5.26 Å². The van der Waals surface area contributed by atoms with E-state index >= 15 is 0 Å². The molecule has 136 valence electrons. The predicted octanol–water partition coefficient (Wildman–Crippen LogP) is 3.27. The molecule has 1 atom stereocenters. The number of nitrogens with two attached hydrogens (primary N) is 1. The number of anilines is 2. The van der Waals surface area contributed by atoms with Crippen molar-refractivity contribution in [3.05, 3.63) is 23.8 Å². The number of nitrogens with one attached hydrogen (secondary N) is 1. The van der Waals surface area contributed by atoms with Crippen molar-refractivity contribution < 1.29 is 9.53 Å². The van der Waals surface area contributed by atoms with Crippen LogP contribution in [-0.4, -0.2) is 31.3 Å². The lowest BCUT2D eigenvalue weighted by atomic mass is 9.94. The second-order valence-corrected chi connectivity index (χ2v) is 7.56. The van der Waals surface area contributed by atoms with E-state index in [1.165, 1.54) is 0 Å². The number of rotatable bonds is 4. The van der Waals surface area contributed by atoms with Gasteiger partial charge in [0.25, 0.3) is 0 Å². The van der Waals surface area contributed by atoms with Gasteiger partial charge in [-0.25, -0.2) is 4.79 Å². The zero-order valence-electron chi connectivity index (χ0n) is 15.3. The first-order valence-electron chi connectivity index (χ1n) is 8.80. The summed E-state index contributed by atoms with van der Waals surface area (Å²) in [6.07, 6.45) is 2.73. The first kappa shape index (κ1) is 18.9. The van der Waals surface area contributed by atoms with Gasteiger partial charge in [-0.1, -0.05) is 0 Å². The van der Waals surface area contributed by atoms with Crippen LogP contribution in [0.5, 0.6) is 0 Å². The lowest BCUT2D eigenvalue weighted by Gasteiger charge is -2.35. The standard InChI is InChI=1S/C19H28N4O2/c1-19(2,3)25-18(24)22-9-8-14-5-4-10-23(13-14)17-11-15(12-20)6-7-16(17)21/h6-7,11,14H,4-5,8-10,13,21H2,1-3H3,(H,22,24). The van der Waals surface area contributed by atoms with E-state index in [1.54, 1.807) is 12.1 Å². The Kier molecular flexibility index (Phi) is 6.13. The third-order valence-corrected chi connectivity index (χ3v) is 4.24. The van der Waals surface area contributed by atoms with Gasteiger partial charge < -0.3 is 20.7 Å². The fourth-order valence-electron chi connectivity index (χ4n) is 3.10.